The van der Waals surface area contributed by atoms with Gasteiger partial charge in [-0.1, -0.05) is 35.9 Å². The molecule has 222 valence electrons. The van der Waals surface area contributed by atoms with Crippen molar-refractivity contribution in [3.05, 3.63) is 113 Å². The molecule has 4 aromatic rings. The van der Waals surface area contributed by atoms with Gasteiger partial charge in [-0.05, 0) is 95.1 Å². The van der Waals surface area contributed by atoms with Crippen molar-refractivity contribution in [2.45, 2.75) is 11.8 Å². The molecule has 0 fully saturated rings. The van der Waals surface area contributed by atoms with Crippen LogP contribution in [0.15, 0.2) is 112 Å². The van der Waals surface area contributed by atoms with Gasteiger partial charge in [0.15, 0.2) is 6.61 Å². The Hall–Kier alpha value is -4.68. The number of anilines is 2. The van der Waals surface area contributed by atoms with Gasteiger partial charge >= 0.3 is 0 Å². The van der Waals surface area contributed by atoms with E-state index in [1.807, 2.05) is 25.1 Å². The highest BCUT2D eigenvalue weighted by molar-refractivity contribution is 9.10. The second-order valence-electron chi connectivity index (χ2n) is 9.21. The lowest BCUT2D eigenvalue weighted by atomic mass is 10.2. The largest absolute Gasteiger partial charge is 0.496 e. The number of hydrogen-bond donors (Lipinski definition) is 2. The van der Waals surface area contributed by atoms with Crippen LogP contribution in [0.5, 0.6) is 11.5 Å². The van der Waals surface area contributed by atoms with Crippen LogP contribution in [0, 0.1) is 6.92 Å². The zero-order valence-corrected chi connectivity index (χ0v) is 25.8. The predicted octanol–water partition coefficient (Wildman–Crippen LogP) is 5.13. The van der Waals surface area contributed by atoms with Crippen molar-refractivity contribution < 1.29 is 27.5 Å². The number of nitrogens with one attached hydrogen (secondary N) is 2. The number of nitrogens with zero attached hydrogens (tertiary/aromatic N) is 2. The first-order valence-electron chi connectivity index (χ1n) is 13.0. The van der Waals surface area contributed by atoms with Crippen LogP contribution in [-0.4, -0.2) is 46.7 Å². The molecule has 0 unspecified atom stereocenters. The lowest BCUT2D eigenvalue weighted by molar-refractivity contribution is -0.119. The van der Waals surface area contributed by atoms with Gasteiger partial charge in [0, 0.05) is 5.69 Å². The molecule has 0 aliphatic rings. The maximum Gasteiger partial charge on any atom is 0.264 e. The zero-order valence-electron chi connectivity index (χ0n) is 23.4. The third kappa shape index (κ3) is 8.66. The van der Waals surface area contributed by atoms with Crippen molar-refractivity contribution in [3.8, 4) is 11.5 Å². The number of hydrogen-bond acceptors (Lipinski definition) is 7. The maximum absolute atomic E-state index is 13.6. The Kier molecular flexibility index (Phi) is 10.5. The van der Waals surface area contributed by atoms with Gasteiger partial charge in [-0.25, -0.2) is 13.8 Å². The third-order valence-electron chi connectivity index (χ3n) is 6.03. The SMILES string of the molecule is COc1ccc(S(=O)(=O)N(CC(=O)N/N=C/c2ccc(OCC(=O)Nc3ccccc3)cc2)c2ccc(C)cc2)cc1Br. The number of carbonyl (C=O) groups is 2. The van der Waals surface area contributed by atoms with Crippen molar-refractivity contribution in [2.75, 3.05) is 29.9 Å². The molecule has 12 heteroatoms. The number of carbonyl (C=O) groups excluding carboxylic acids is 2. The number of hydrazone groups is 1. The summed E-state index contributed by atoms with van der Waals surface area (Å²) in [5, 5.41) is 6.71. The number of sulfonamides is 1. The Balaban J connectivity index is 1.38. The highest BCUT2D eigenvalue weighted by atomic mass is 79.9. The van der Waals surface area contributed by atoms with E-state index in [1.165, 1.54) is 31.5 Å². The number of ether oxygens (including phenoxy) is 2. The van der Waals surface area contributed by atoms with Gasteiger partial charge in [0.25, 0.3) is 21.8 Å². The lowest BCUT2D eigenvalue weighted by Gasteiger charge is -2.24. The van der Waals surface area contributed by atoms with E-state index in [0.717, 1.165) is 9.87 Å². The Morgan fingerprint density at radius 2 is 1.63 bits per heavy atom. The van der Waals surface area contributed by atoms with E-state index in [1.54, 1.807) is 60.7 Å². The monoisotopic (exact) mass is 664 g/mol. The highest BCUT2D eigenvalue weighted by Gasteiger charge is 2.28. The summed E-state index contributed by atoms with van der Waals surface area (Å²) in [5.41, 5.74) is 4.97. The van der Waals surface area contributed by atoms with Crippen LogP contribution in [0.2, 0.25) is 0 Å². The standard InChI is InChI=1S/C31H29BrN4O6S/c1-22-8-12-25(13-9-22)36(43(39,40)27-16-17-29(41-2)28(32)18-27)20-30(37)35-33-19-23-10-14-26(15-11-23)42-21-31(38)34-24-6-4-3-5-7-24/h3-19H,20-21H2,1-2H3,(H,34,38)(H,35,37)/b33-19+. The normalized spacial score (nSPS) is 11.1. The fourth-order valence-electron chi connectivity index (χ4n) is 3.82. The van der Waals surface area contributed by atoms with Crippen LogP contribution < -0.4 is 24.5 Å². The summed E-state index contributed by atoms with van der Waals surface area (Å²) in [5.74, 6) is 0.0211. The van der Waals surface area contributed by atoms with Gasteiger partial charge in [0.1, 0.15) is 18.0 Å². The molecule has 0 saturated carbocycles. The number of halogens is 1. The summed E-state index contributed by atoms with van der Waals surface area (Å²) in [6, 6.07) is 27.0. The number of methoxy groups -OCH3 is 1. The molecule has 4 rings (SSSR count). The fourth-order valence-corrected chi connectivity index (χ4v) is 5.96. The second kappa shape index (κ2) is 14.5. The molecule has 43 heavy (non-hydrogen) atoms. The molecule has 4 aromatic carbocycles. The molecule has 0 aromatic heterocycles. The number of amides is 2. The molecule has 0 bridgehead atoms. The molecule has 2 N–H and O–H groups in total. The molecule has 0 saturated heterocycles. The first-order valence-corrected chi connectivity index (χ1v) is 15.2. The van der Waals surface area contributed by atoms with Gasteiger partial charge in [-0.15, -0.1) is 0 Å². The van der Waals surface area contributed by atoms with Crippen LogP contribution in [0.3, 0.4) is 0 Å². The van der Waals surface area contributed by atoms with E-state index in [9.17, 15) is 18.0 Å². The van der Waals surface area contributed by atoms with E-state index in [-0.39, 0.29) is 17.4 Å². The molecular weight excluding hydrogens is 636 g/mol. The van der Waals surface area contributed by atoms with Crippen LogP contribution in [-0.2, 0) is 19.6 Å². The third-order valence-corrected chi connectivity index (χ3v) is 8.42. The first kappa shape index (κ1) is 31.3. The van der Waals surface area contributed by atoms with Gasteiger partial charge in [-0.3, -0.25) is 13.9 Å². The summed E-state index contributed by atoms with van der Waals surface area (Å²) >= 11 is 3.32. The summed E-state index contributed by atoms with van der Waals surface area (Å²) in [6.07, 6.45) is 1.41. The van der Waals surface area contributed by atoms with Gasteiger partial charge in [0.05, 0.1) is 28.4 Å². The minimum absolute atomic E-state index is 0.0168. The predicted molar refractivity (Wildman–Crippen MR) is 169 cm³/mol. The van der Waals surface area contributed by atoms with E-state index >= 15 is 0 Å². The Morgan fingerprint density at radius 3 is 2.28 bits per heavy atom. The van der Waals surface area contributed by atoms with Crippen molar-refractivity contribution in [2.24, 2.45) is 5.10 Å². The fraction of sp³-hybridized carbons (Fsp3) is 0.129. The van der Waals surface area contributed by atoms with E-state index in [0.29, 0.717) is 32.9 Å². The Morgan fingerprint density at radius 1 is 0.930 bits per heavy atom. The number of aryl methyl sites for hydroxylation is 1. The summed E-state index contributed by atoms with van der Waals surface area (Å²) in [4.78, 5) is 24.9. The molecule has 0 heterocycles. The van der Waals surface area contributed by atoms with Crippen molar-refractivity contribution in [1.82, 2.24) is 5.43 Å². The first-order chi connectivity index (χ1) is 20.7. The average molecular weight is 666 g/mol. The number of benzene rings is 4. The molecule has 0 atom stereocenters. The summed E-state index contributed by atoms with van der Waals surface area (Å²) in [7, 11) is -2.65. The summed E-state index contributed by atoms with van der Waals surface area (Å²) in [6.45, 7) is 1.21. The molecule has 10 nitrogen and oxygen atoms in total. The van der Waals surface area contributed by atoms with E-state index < -0.39 is 22.5 Å². The van der Waals surface area contributed by atoms with E-state index in [4.69, 9.17) is 9.47 Å². The molecule has 0 aliphatic carbocycles. The molecule has 0 aliphatic heterocycles. The topological polar surface area (TPSA) is 126 Å². The van der Waals surface area contributed by atoms with Gasteiger partial charge in [0.2, 0.25) is 0 Å². The van der Waals surface area contributed by atoms with Gasteiger partial charge in [-0.2, -0.15) is 5.10 Å². The van der Waals surface area contributed by atoms with Crippen LogP contribution in [0.1, 0.15) is 11.1 Å². The molecule has 0 radical (unpaired) electrons. The second-order valence-corrected chi connectivity index (χ2v) is 11.9. The van der Waals surface area contributed by atoms with Crippen LogP contribution in [0.25, 0.3) is 0 Å². The minimum Gasteiger partial charge on any atom is -0.496 e. The average Bonchev–Trinajstić information content (AvgIpc) is 3.00. The number of para-hydroxylation sites is 1. The lowest BCUT2D eigenvalue weighted by Crippen LogP contribution is -2.39. The number of rotatable bonds is 12. The van der Waals surface area contributed by atoms with Gasteiger partial charge < -0.3 is 14.8 Å². The molecular formula is C31H29BrN4O6S. The minimum atomic E-state index is -4.13. The quantitative estimate of drug-likeness (QED) is 0.160. The molecule has 0 spiro atoms. The van der Waals surface area contributed by atoms with Crippen molar-refractivity contribution in [1.29, 1.82) is 0 Å². The highest BCUT2D eigenvalue weighted by Crippen LogP contribution is 2.30. The van der Waals surface area contributed by atoms with Crippen molar-refractivity contribution >= 4 is 55.4 Å². The van der Waals surface area contributed by atoms with Crippen LogP contribution >= 0.6 is 15.9 Å². The molecule has 2 amide bonds. The summed E-state index contributed by atoms with van der Waals surface area (Å²) < 4.78 is 39.5. The van der Waals surface area contributed by atoms with Crippen molar-refractivity contribution in [3.63, 3.8) is 0 Å². The Bertz CT molecular complexity index is 1700. The van der Waals surface area contributed by atoms with Crippen LogP contribution in [0.4, 0.5) is 11.4 Å². The zero-order chi connectivity index (χ0) is 30.8. The van der Waals surface area contributed by atoms with E-state index in [2.05, 4.69) is 31.8 Å². The smallest absolute Gasteiger partial charge is 0.264 e. The Labute approximate surface area is 258 Å². The maximum atomic E-state index is 13.6.